The number of rotatable bonds is 6. The predicted octanol–water partition coefficient (Wildman–Crippen LogP) is 5.06. The number of hydrogen-bond donors (Lipinski definition) is 2. The highest BCUT2D eigenvalue weighted by Gasteiger charge is 2.25. The molecule has 130 valence electrons. The van der Waals surface area contributed by atoms with Crippen molar-refractivity contribution < 1.29 is 15.0 Å². The molecule has 1 atom stereocenters. The second-order valence-electron chi connectivity index (χ2n) is 5.80. The van der Waals surface area contributed by atoms with E-state index in [1.807, 2.05) is 31.2 Å². The number of fused-ring (bicyclic) bond motifs is 1. The molecule has 2 N–H and O–H groups in total. The normalized spacial score (nSPS) is 15.5. The molecule has 7 heteroatoms. The molecule has 2 heterocycles. The number of unbranched alkanes of at least 4 members (excludes halogenated alkanes) is 1. The third-order valence-electron chi connectivity index (χ3n) is 4.11. The van der Waals surface area contributed by atoms with E-state index in [1.54, 1.807) is 12.3 Å². The zero-order chi connectivity index (χ0) is 18.0. The molecule has 0 saturated carbocycles. The van der Waals surface area contributed by atoms with E-state index in [0.717, 1.165) is 29.7 Å². The van der Waals surface area contributed by atoms with E-state index in [9.17, 15) is 15.0 Å². The summed E-state index contributed by atoms with van der Waals surface area (Å²) in [6.07, 6.45) is 5.62. The minimum Gasteiger partial charge on any atom is -0.493 e. The lowest BCUT2D eigenvalue weighted by Crippen LogP contribution is -2.18. The van der Waals surface area contributed by atoms with Gasteiger partial charge in [-0.05, 0) is 30.8 Å². The number of hydrogen-bond acceptors (Lipinski definition) is 5. The number of aliphatic imine (C=N–C) groups is 1. The van der Waals surface area contributed by atoms with E-state index < -0.39 is 12.0 Å². The van der Waals surface area contributed by atoms with Crippen molar-refractivity contribution in [2.45, 2.75) is 32.2 Å². The van der Waals surface area contributed by atoms with Gasteiger partial charge in [0.2, 0.25) is 5.88 Å². The lowest BCUT2D eigenvalue weighted by molar-refractivity contribution is -0.141. The highest BCUT2D eigenvalue weighted by Crippen LogP contribution is 2.37. The summed E-state index contributed by atoms with van der Waals surface area (Å²) in [5, 5.41) is 20.1. The van der Waals surface area contributed by atoms with Gasteiger partial charge in [0.1, 0.15) is 6.04 Å². The summed E-state index contributed by atoms with van der Waals surface area (Å²) in [6.45, 7) is 2.00. The predicted molar refractivity (Wildman–Crippen MR) is 103 cm³/mol. The van der Waals surface area contributed by atoms with Crippen LogP contribution in [-0.4, -0.2) is 27.0 Å². The maximum Gasteiger partial charge on any atom is 0.326 e. The van der Waals surface area contributed by atoms with Gasteiger partial charge in [0, 0.05) is 17.4 Å². The smallest absolute Gasteiger partial charge is 0.326 e. The Hall–Kier alpha value is -2.25. The van der Waals surface area contributed by atoms with Crippen molar-refractivity contribution in [2.75, 3.05) is 0 Å². The molecule has 0 fully saturated rings. The van der Waals surface area contributed by atoms with Crippen LogP contribution < -0.4 is 0 Å². The summed E-state index contributed by atoms with van der Waals surface area (Å²) in [5.74, 6) is -1.08. The average molecular weight is 374 g/mol. The third-order valence-corrected chi connectivity index (χ3v) is 5.45. The number of carbonyl (C=O) groups is 1. The number of carboxylic acid groups (broad SMARTS) is 1. The van der Waals surface area contributed by atoms with E-state index in [2.05, 4.69) is 4.99 Å². The summed E-state index contributed by atoms with van der Waals surface area (Å²) in [4.78, 5) is 16.5. The minimum absolute atomic E-state index is 0.0937. The van der Waals surface area contributed by atoms with Crippen LogP contribution >= 0.6 is 23.6 Å². The van der Waals surface area contributed by atoms with Crippen LogP contribution in [0.5, 0.6) is 5.88 Å². The number of aromatic nitrogens is 1. The lowest BCUT2D eigenvalue weighted by atomic mass is 10.1. The van der Waals surface area contributed by atoms with E-state index >= 15 is 0 Å². The van der Waals surface area contributed by atoms with Gasteiger partial charge in [-0.2, -0.15) is 0 Å². The monoisotopic (exact) mass is 374 g/mol. The highest BCUT2D eigenvalue weighted by atomic mass is 32.1. The zero-order valence-corrected chi connectivity index (χ0v) is 15.3. The van der Waals surface area contributed by atoms with Gasteiger partial charge in [-0.1, -0.05) is 38.0 Å². The summed E-state index contributed by atoms with van der Waals surface area (Å²) in [5.41, 5.74) is 2.73. The SMILES string of the molecule is CCCCC(C(=O)O)n1c(O)c(/C=C2/C=Nc3ccccc32)sc1=S. The number of nitrogens with zero attached hydrogens (tertiary/aromatic N) is 2. The molecule has 0 bridgehead atoms. The molecular weight excluding hydrogens is 356 g/mol. The van der Waals surface area contributed by atoms with Crippen LogP contribution in [0.2, 0.25) is 0 Å². The van der Waals surface area contributed by atoms with E-state index in [-0.39, 0.29) is 5.88 Å². The first-order valence-corrected chi connectivity index (χ1v) is 9.27. The van der Waals surface area contributed by atoms with Crippen molar-refractivity contribution in [1.29, 1.82) is 0 Å². The first-order chi connectivity index (χ1) is 12.0. The Morgan fingerprint density at radius 1 is 1.44 bits per heavy atom. The number of carboxylic acids is 1. The van der Waals surface area contributed by atoms with Crippen molar-refractivity contribution in [3.05, 3.63) is 38.7 Å². The molecule has 2 aromatic rings. The maximum atomic E-state index is 11.6. The van der Waals surface area contributed by atoms with Crippen LogP contribution in [0.3, 0.4) is 0 Å². The van der Waals surface area contributed by atoms with Crippen LogP contribution in [0.15, 0.2) is 29.3 Å². The van der Waals surface area contributed by atoms with Crippen molar-refractivity contribution in [3.63, 3.8) is 0 Å². The molecule has 25 heavy (non-hydrogen) atoms. The molecule has 3 rings (SSSR count). The summed E-state index contributed by atoms with van der Waals surface area (Å²) >= 11 is 6.53. The molecule has 0 spiro atoms. The van der Waals surface area contributed by atoms with Crippen LogP contribution in [-0.2, 0) is 4.79 Å². The number of benzene rings is 1. The average Bonchev–Trinajstić information content (AvgIpc) is 3.11. The number of aliphatic carboxylic acids is 1. The lowest BCUT2D eigenvalue weighted by Gasteiger charge is -2.14. The van der Waals surface area contributed by atoms with Gasteiger partial charge in [0.25, 0.3) is 0 Å². The molecule has 1 aromatic heterocycles. The maximum absolute atomic E-state index is 11.6. The van der Waals surface area contributed by atoms with E-state index in [4.69, 9.17) is 12.2 Å². The number of aromatic hydroxyl groups is 1. The third kappa shape index (κ3) is 3.43. The van der Waals surface area contributed by atoms with E-state index in [1.165, 1.54) is 15.9 Å². The second-order valence-corrected chi connectivity index (χ2v) is 7.47. The summed E-state index contributed by atoms with van der Waals surface area (Å²) in [7, 11) is 0. The van der Waals surface area contributed by atoms with Gasteiger partial charge in [0.05, 0.1) is 10.6 Å². The summed E-state index contributed by atoms with van der Waals surface area (Å²) < 4.78 is 1.71. The second kappa shape index (κ2) is 7.33. The number of allylic oxidation sites excluding steroid dienone is 1. The van der Waals surface area contributed by atoms with Crippen molar-refractivity contribution in [3.8, 4) is 5.88 Å². The van der Waals surface area contributed by atoms with Gasteiger partial charge >= 0.3 is 5.97 Å². The Kier molecular flexibility index (Phi) is 5.15. The van der Waals surface area contributed by atoms with Crippen molar-refractivity contribution in [1.82, 2.24) is 4.57 Å². The van der Waals surface area contributed by atoms with Gasteiger partial charge < -0.3 is 10.2 Å². The van der Waals surface area contributed by atoms with Crippen molar-refractivity contribution in [2.24, 2.45) is 4.99 Å². The fourth-order valence-electron chi connectivity index (χ4n) is 2.82. The molecule has 1 aliphatic rings. The van der Waals surface area contributed by atoms with Crippen LogP contribution in [0, 0.1) is 3.95 Å². The highest BCUT2D eigenvalue weighted by molar-refractivity contribution is 7.73. The Labute approximate surface area is 154 Å². The molecule has 0 radical (unpaired) electrons. The molecule has 0 saturated heterocycles. The Morgan fingerprint density at radius 3 is 2.92 bits per heavy atom. The van der Waals surface area contributed by atoms with Gasteiger partial charge in [-0.15, -0.1) is 11.3 Å². The van der Waals surface area contributed by atoms with Gasteiger partial charge in [-0.3, -0.25) is 9.56 Å². The van der Waals surface area contributed by atoms with Crippen LogP contribution in [0.1, 0.15) is 42.7 Å². The first kappa shape index (κ1) is 17.6. The van der Waals surface area contributed by atoms with Crippen LogP contribution in [0.25, 0.3) is 11.6 Å². The van der Waals surface area contributed by atoms with Crippen molar-refractivity contribution >= 4 is 53.1 Å². The standard InChI is InChI=1S/C18H18N2O3S2/c1-2-3-8-14(17(22)23)20-16(21)15(25-18(20)24)9-11-10-19-13-7-5-4-6-12(11)13/h4-7,9-10,14,21H,2-3,8H2,1H3,(H,22,23)/b11-9-. The zero-order valence-electron chi connectivity index (χ0n) is 13.7. The quantitative estimate of drug-likeness (QED) is 0.693. The fourth-order valence-corrected chi connectivity index (χ4v) is 4.18. The largest absolute Gasteiger partial charge is 0.493 e. The number of thiazole rings is 1. The van der Waals surface area contributed by atoms with Gasteiger partial charge in [0.15, 0.2) is 3.95 Å². The molecule has 0 aliphatic carbocycles. The minimum atomic E-state index is -0.982. The topological polar surface area (TPSA) is 74.8 Å². The summed E-state index contributed by atoms with van der Waals surface area (Å²) in [6, 6.07) is 6.88. The Bertz CT molecular complexity index is 925. The Morgan fingerprint density at radius 2 is 2.20 bits per heavy atom. The first-order valence-electron chi connectivity index (χ1n) is 8.05. The van der Waals surface area contributed by atoms with E-state index in [0.29, 0.717) is 15.3 Å². The molecule has 1 aliphatic heterocycles. The Balaban J connectivity index is 2.01. The molecule has 0 amide bonds. The molecule has 1 aromatic carbocycles. The van der Waals surface area contributed by atoms with Gasteiger partial charge in [-0.25, -0.2) is 4.79 Å². The van der Waals surface area contributed by atoms with Crippen LogP contribution in [0.4, 0.5) is 5.69 Å². The molecule has 1 unspecified atom stereocenters. The number of para-hydroxylation sites is 1. The molecule has 5 nitrogen and oxygen atoms in total. The molecular formula is C18H18N2O3S2. The fraction of sp³-hybridized carbons (Fsp3) is 0.278.